The third-order valence-electron chi connectivity index (χ3n) is 3.45. The number of β-amino-alcohol motifs (C(OH)–C–C–N with tert-alkyl or cyclic N) is 1. The summed E-state index contributed by atoms with van der Waals surface area (Å²) in [5.74, 6) is 0. The topological polar surface area (TPSA) is 32.7 Å². The molecule has 2 rings (SSSR count). The summed E-state index contributed by atoms with van der Waals surface area (Å²) in [6.45, 7) is 7.99. The molecule has 0 amide bonds. The highest BCUT2D eigenvalue weighted by atomic mass is 16.5. The molecule has 0 bridgehead atoms. The number of aliphatic hydroxyl groups is 1. The van der Waals surface area contributed by atoms with Crippen molar-refractivity contribution in [3.63, 3.8) is 0 Å². The first-order chi connectivity index (χ1) is 6.58. The summed E-state index contributed by atoms with van der Waals surface area (Å²) in [7, 11) is 0. The molecule has 3 heteroatoms. The van der Waals surface area contributed by atoms with Crippen molar-refractivity contribution < 1.29 is 9.84 Å². The SMILES string of the molecule is CC1(C)CN(CC2CCCO2)CC1O. The Hall–Kier alpha value is -0.120. The molecule has 82 valence electrons. The summed E-state index contributed by atoms with van der Waals surface area (Å²) in [6.07, 6.45) is 2.62. The highest BCUT2D eigenvalue weighted by Crippen LogP contribution is 2.30. The van der Waals surface area contributed by atoms with Crippen molar-refractivity contribution in [3.8, 4) is 0 Å². The van der Waals surface area contributed by atoms with Crippen LogP contribution < -0.4 is 0 Å². The summed E-state index contributed by atoms with van der Waals surface area (Å²) in [4.78, 5) is 2.33. The Labute approximate surface area is 86.0 Å². The second-order valence-electron chi connectivity index (χ2n) is 5.33. The van der Waals surface area contributed by atoms with E-state index in [2.05, 4.69) is 18.7 Å². The largest absolute Gasteiger partial charge is 0.391 e. The number of aliphatic hydroxyl groups excluding tert-OH is 1. The van der Waals surface area contributed by atoms with Crippen LogP contribution in [0.15, 0.2) is 0 Å². The molecular formula is C11H21NO2. The van der Waals surface area contributed by atoms with E-state index in [1.165, 1.54) is 12.8 Å². The molecule has 2 unspecified atom stereocenters. The maximum Gasteiger partial charge on any atom is 0.0730 e. The molecule has 0 radical (unpaired) electrons. The minimum Gasteiger partial charge on any atom is -0.391 e. The predicted molar refractivity (Wildman–Crippen MR) is 55.2 cm³/mol. The van der Waals surface area contributed by atoms with Gasteiger partial charge < -0.3 is 9.84 Å². The summed E-state index contributed by atoms with van der Waals surface area (Å²) in [6, 6.07) is 0. The quantitative estimate of drug-likeness (QED) is 0.716. The van der Waals surface area contributed by atoms with Crippen LogP contribution in [0.3, 0.4) is 0 Å². The lowest BCUT2D eigenvalue weighted by Crippen LogP contribution is -2.31. The average Bonchev–Trinajstić information content (AvgIpc) is 2.62. The van der Waals surface area contributed by atoms with Crippen LogP contribution in [0.25, 0.3) is 0 Å². The third kappa shape index (κ3) is 2.10. The van der Waals surface area contributed by atoms with Crippen molar-refractivity contribution >= 4 is 0 Å². The fourth-order valence-electron chi connectivity index (χ4n) is 2.45. The Bertz CT molecular complexity index is 199. The van der Waals surface area contributed by atoms with Gasteiger partial charge in [0.15, 0.2) is 0 Å². The Morgan fingerprint density at radius 3 is 2.79 bits per heavy atom. The van der Waals surface area contributed by atoms with Crippen LogP contribution in [0.4, 0.5) is 0 Å². The molecule has 0 aromatic heterocycles. The number of rotatable bonds is 2. The molecule has 2 aliphatic rings. The molecule has 3 nitrogen and oxygen atoms in total. The molecular weight excluding hydrogens is 178 g/mol. The Balaban J connectivity index is 1.83. The van der Waals surface area contributed by atoms with Gasteiger partial charge in [-0.05, 0) is 12.8 Å². The summed E-state index contributed by atoms with van der Waals surface area (Å²) >= 11 is 0. The molecule has 0 spiro atoms. The van der Waals surface area contributed by atoms with Gasteiger partial charge in [-0.1, -0.05) is 13.8 Å². The van der Waals surface area contributed by atoms with Gasteiger partial charge in [-0.3, -0.25) is 4.90 Å². The Kier molecular flexibility index (Phi) is 2.82. The first-order valence-electron chi connectivity index (χ1n) is 5.60. The lowest BCUT2D eigenvalue weighted by molar-refractivity contribution is 0.0752. The zero-order chi connectivity index (χ0) is 10.2. The van der Waals surface area contributed by atoms with Crippen LogP contribution in [0.1, 0.15) is 26.7 Å². The number of nitrogens with zero attached hydrogens (tertiary/aromatic N) is 1. The number of likely N-dealkylation sites (tertiary alicyclic amines) is 1. The summed E-state index contributed by atoms with van der Waals surface area (Å²) in [5.41, 5.74) is 0.0542. The van der Waals surface area contributed by atoms with E-state index < -0.39 is 0 Å². The van der Waals surface area contributed by atoms with Gasteiger partial charge in [0.25, 0.3) is 0 Å². The fourth-order valence-corrected chi connectivity index (χ4v) is 2.45. The first-order valence-corrected chi connectivity index (χ1v) is 5.60. The fraction of sp³-hybridized carbons (Fsp3) is 1.00. The van der Waals surface area contributed by atoms with Crippen LogP contribution in [-0.4, -0.2) is 48.5 Å². The minimum atomic E-state index is -0.177. The van der Waals surface area contributed by atoms with Crippen molar-refractivity contribution in [1.82, 2.24) is 4.90 Å². The molecule has 0 saturated carbocycles. The van der Waals surface area contributed by atoms with Gasteiger partial charge >= 0.3 is 0 Å². The van der Waals surface area contributed by atoms with Crippen LogP contribution >= 0.6 is 0 Å². The van der Waals surface area contributed by atoms with Gasteiger partial charge in [0.05, 0.1) is 12.2 Å². The van der Waals surface area contributed by atoms with Gasteiger partial charge in [0.2, 0.25) is 0 Å². The third-order valence-corrected chi connectivity index (χ3v) is 3.45. The van der Waals surface area contributed by atoms with E-state index >= 15 is 0 Å². The molecule has 2 fully saturated rings. The van der Waals surface area contributed by atoms with Crippen molar-refractivity contribution in [2.45, 2.75) is 38.9 Å². The molecule has 2 aliphatic heterocycles. The monoisotopic (exact) mass is 199 g/mol. The van der Waals surface area contributed by atoms with Crippen LogP contribution in [0, 0.1) is 5.41 Å². The molecule has 14 heavy (non-hydrogen) atoms. The van der Waals surface area contributed by atoms with E-state index in [1.54, 1.807) is 0 Å². The predicted octanol–water partition coefficient (Wildman–Crippen LogP) is 0.868. The van der Waals surface area contributed by atoms with E-state index in [0.717, 1.165) is 26.2 Å². The van der Waals surface area contributed by atoms with Gasteiger partial charge in [-0.2, -0.15) is 0 Å². The van der Waals surface area contributed by atoms with E-state index in [9.17, 15) is 5.11 Å². The number of hydrogen-bond acceptors (Lipinski definition) is 3. The highest BCUT2D eigenvalue weighted by molar-refractivity contribution is 4.91. The second kappa shape index (κ2) is 3.80. The first kappa shape index (κ1) is 10.4. The standard InChI is InChI=1S/C11H21NO2/c1-11(2)8-12(7-10(11)13)6-9-4-3-5-14-9/h9-10,13H,3-8H2,1-2H3. The number of hydrogen-bond donors (Lipinski definition) is 1. The van der Waals surface area contributed by atoms with E-state index in [4.69, 9.17) is 4.74 Å². The van der Waals surface area contributed by atoms with Gasteiger partial charge in [-0.25, -0.2) is 0 Å². The molecule has 0 aromatic carbocycles. The zero-order valence-electron chi connectivity index (χ0n) is 9.20. The van der Waals surface area contributed by atoms with Crippen LogP contribution in [-0.2, 0) is 4.74 Å². The lowest BCUT2D eigenvalue weighted by atomic mass is 9.90. The molecule has 2 heterocycles. The Morgan fingerprint density at radius 1 is 1.50 bits per heavy atom. The molecule has 2 atom stereocenters. The summed E-state index contributed by atoms with van der Waals surface area (Å²) in [5, 5.41) is 9.82. The minimum absolute atomic E-state index is 0.0542. The molecule has 2 saturated heterocycles. The molecule has 0 aliphatic carbocycles. The highest BCUT2D eigenvalue weighted by Gasteiger charge is 2.38. The van der Waals surface area contributed by atoms with Crippen molar-refractivity contribution in [2.24, 2.45) is 5.41 Å². The van der Waals surface area contributed by atoms with Crippen LogP contribution in [0.2, 0.25) is 0 Å². The van der Waals surface area contributed by atoms with Gasteiger partial charge in [0.1, 0.15) is 0 Å². The molecule has 1 N–H and O–H groups in total. The van der Waals surface area contributed by atoms with Gasteiger partial charge in [-0.15, -0.1) is 0 Å². The lowest BCUT2D eigenvalue weighted by Gasteiger charge is -2.22. The zero-order valence-corrected chi connectivity index (χ0v) is 9.20. The van der Waals surface area contributed by atoms with E-state index in [0.29, 0.717) is 6.10 Å². The van der Waals surface area contributed by atoms with Crippen molar-refractivity contribution in [3.05, 3.63) is 0 Å². The maximum atomic E-state index is 9.82. The smallest absolute Gasteiger partial charge is 0.0730 e. The van der Waals surface area contributed by atoms with Crippen molar-refractivity contribution in [1.29, 1.82) is 0 Å². The average molecular weight is 199 g/mol. The van der Waals surface area contributed by atoms with Crippen molar-refractivity contribution in [2.75, 3.05) is 26.2 Å². The summed E-state index contributed by atoms with van der Waals surface area (Å²) < 4.78 is 5.59. The maximum absolute atomic E-state index is 9.82. The second-order valence-corrected chi connectivity index (χ2v) is 5.33. The Morgan fingerprint density at radius 2 is 2.29 bits per heavy atom. The van der Waals surface area contributed by atoms with E-state index in [-0.39, 0.29) is 11.5 Å². The number of ether oxygens (including phenoxy) is 1. The molecule has 0 aromatic rings. The van der Waals surface area contributed by atoms with Gasteiger partial charge in [0, 0.05) is 31.7 Å². The normalized spacial score (nSPS) is 37.9. The van der Waals surface area contributed by atoms with Crippen LogP contribution in [0.5, 0.6) is 0 Å². The van der Waals surface area contributed by atoms with E-state index in [1.807, 2.05) is 0 Å².